The number of aromatic hydroxyl groups is 1. The molecule has 0 aromatic heterocycles. The molecule has 0 spiro atoms. The predicted octanol–water partition coefficient (Wildman–Crippen LogP) is 6.37. The van der Waals surface area contributed by atoms with Gasteiger partial charge in [0, 0.05) is 22.6 Å². The van der Waals surface area contributed by atoms with Crippen LogP contribution in [0.1, 0.15) is 58.2 Å². The third-order valence-corrected chi connectivity index (χ3v) is 6.50. The van der Waals surface area contributed by atoms with E-state index in [1.807, 2.05) is 42.6 Å². The lowest BCUT2D eigenvalue weighted by molar-refractivity contribution is 0.449. The molecule has 3 aromatic carbocycles. The summed E-state index contributed by atoms with van der Waals surface area (Å²) >= 11 is 0. The van der Waals surface area contributed by atoms with E-state index >= 15 is 0 Å². The number of hydrogen-bond donors (Lipinski definition) is 1. The van der Waals surface area contributed by atoms with Gasteiger partial charge in [-0.15, -0.1) is 0 Å². The van der Waals surface area contributed by atoms with Gasteiger partial charge in [0.25, 0.3) is 0 Å². The summed E-state index contributed by atoms with van der Waals surface area (Å²) in [5.41, 5.74) is 4.16. The predicted molar refractivity (Wildman–Crippen MR) is 133 cm³/mol. The quantitative estimate of drug-likeness (QED) is 0.388. The minimum Gasteiger partial charge on any atom is -0.507 e. The van der Waals surface area contributed by atoms with Gasteiger partial charge in [0.15, 0.2) is 0 Å². The summed E-state index contributed by atoms with van der Waals surface area (Å²) in [6.45, 7) is 13.1. The van der Waals surface area contributed by atoms with E-state index in [1.165, 1.54) is 10.9 Å². The van der Waals surface area contributed by atoms with Gasteiger partial charge in [-0.25, -0.2) is 0 Å². The summed E-state index contributed by atoms with van der Waals surface area (Å²) in [5.74, 6) is 0.420. The lowest BCUT2D eigenvalue weighted by atomic mass is 9.80. The number of phenols is 1. The third-order valence-electron chi connectivity index (χ3n) is 5.12. The number of aliphatic imine (C=N–C) groups is 1. The highest BCUT2D eigenvalue weighted by Crippen LogP contribution is 2.36. The van der Waals surface area contributed by atoms with Gasteiger partial charge < -0.3 is 5.11 Å². The van der Waals surface area contributed by atoms with Crippen molar-refractivity contribution in [2.45, 2.75) is 52.4 Å². The SMILES string of the molecule is CC(C)(C)c1cc(Pc2ccccc2C=Nc2ccccc2)c(O)c(C(C)(C)C)c1. The number of para-hydroxylation sites is 1. The smallest absolute Gasteiger partial charge is 0.127 e. The Balaban J connectivity index is 2.04. The number of rotatable bonds is 4. The minimum absolute atomic E-state index is 0.0151. The van der Waals surface area contributed by atoms with E-state index in [0.717, 1.165) is 22.1 Å². The molecule has 30 heavy (non-hydrogen) atoms. The summed E-state index contributed by atoms with van der Waals surface area (Å²) in [5, 5.41) is 13.3. The van der Waals surface area contributed by atoms with Crippen molar-refractivity contribution in [1.29, 1.82) is 0 Å². The molecule has 1 unspecified atom stereocenters. The van der Waals surface area contributed by atoms with Crippen molar-refractivity contribution in [1.82, 2.24) is 0 Å². The molecule has 3 rings (SSSR count). The lowest BCUT2D eigenvalue weighted by Gasteiger charge is -2.27. The molecule has 0 saturated carbocycles. The second-order valence-corrected chi connectivity index (χ2v) is 11.1. The highest BCUT2D eigenvalue weighted by molar-refractivity contribution is 7.56. The van der Waals surface area contributed by atoms with E-state index in [4.69, 9.17) is 0 Å². The molecular formula is C27H32NOP. The average molecular weight is 418 g/mol. The Hall–Kier alpha value is -2.44. The van der Waals surface area contributed by atoms with Crippen molar-refractivity contribution < 1.29 is 5.11 Å². The Kier molecular flexibility index (Phi) is 6.48. The molecule has 0 aliphatic carbocycles. The van der Waals surface area contributed by atoms with E-state index in [2.05, 4.69) is 76.9 Å². The van der Waals surface area contributed by atoms with Crippen molar-refractivity contribution in [2.75, 3.05) is 0 Å². The Bertz CT molecular complexity index is 1040. The Labute approximate surface area is 182 Å². The molecule has 0 radical (unpaired) electrons. The monoisotopic (exact) mass is 417 g/mol. The highest BCUT2D eigenvalue weighted by atomic mass is 31.1. The van der Waals surface area contributed by atoms with E-state index in [9.17, 15) is 5.11 Å². The van der Waals surface area contributed by atoms with Crippen LogP contribution in [0.2, 0.25) is 0 Å². The second kappa shape index (κ2) is 8.74. The zero-order chi connectivity index (χ0) is 21.9. The van der Waals surface area contributed by atoms with Crippen molar-refractivity contribution in [3.05, 3.63) is 83.4 Å². The van der Waals surface area contributed by atoms with Crippen molar-refractivity contribution in [3.63, 3.8) is 0 Å². The zero-order valence-electron chi connectivity index (χ0n) is 18.8. The van der Waals surface area contributed by atoms with Gasteiger partial charge >= 0.3 is 0 Å². The first kappa shape index (κ1) is 22.2. The summed E-state index contributed by atoms with van der Waals surface area (Å²) in [7, 11) is 0.352. The first-order chi connectivity index (χ1) is 14.1. The lowest BCUT2D eigenvalue weighted by Crippen LogP contribution is -2.21. The minimum atomic E-state index is -0.126. The van der Waals surface area contributed by atoms with Crippen LogP contribution in [0.3, 0.4) is 0 Å². The van der Waals surface area contributed by atoms with Gasteiger partial charge in [-0.1, -0.05) is 98.7 Å². The fourth-order valence-corrected chi connectivity index (χ4v) is 4.50. The summed E-state index contributed by atoms with van der Waals surface area (Å²) < 4.78 is 0. The molecule has 0 amide bonds. The maximum atomic E-state index is 11.1. The number of benzene rings is 3. The third kappa shape index (κ3) is 5.37. The standard InChI is InChI=1S/C27H32NOP/c1-26(2,3)20-16-22(27(4,5)6)25(29)24(17-20)30-23-15-11-10-12-19(23)18-28-21-13-8-7-9-14-21/h7-18,29-30H,1-6H3. The molecule has 3 aromatic rings. The van der Waals surface area contributed by atoms with Crippen LogP contribution in [-0.4, -0.2) is 11.3 Å². The van der Waals surface area contributed by atoms with E-state index in [-0.39, 0.29) is 10.8 Å². The van der Waals surface area contributed by atoms with E-state index in [0.29, 0.717) is 14.3 Å². The van der Waals surface area contributed by atoms with Gasteiger partial charge in [-0.3, -0.25) is 4.99 Å². The molecule has 0 bridgehead atoms. The molecule has 156 valence electrons. The van der Waals surface area contributed by atoms with Crippen LogP contribution < -0.4 is 10.6 Å². The van der Waals surface area contributed by atoms with Crippen LogP contribution in [0.15, 0.2) is 71.7 Å². The Morgan fingerprint density at radius 1 is 0.767 bits per heavy atom. The molecule has 0 fully saturated rings. The maximum absolute atomic E-state index is 11.1. The molecule has 0 aliphatic heterocycles. The van der Waals surface area contributed by atoms with Crippen molar-refractivity contribution >= 4 is 31.1 Å². The molecule has 1 N–H and O–H groups in total. The summed E-state index contributed by atoms with van der Waals surface area (Å²) in [6.07, 6.45) is 1.92. The van der Waals surface area contributed by atoms with Gasteiger partial charge in [0.2, 0.25) is 0 Å². The number of hydrogen-bond acceptors (Lipinski definition) is 2. The second-order valence-electron chi connectivity index (χ2n) is 9.73. The zero-order valence-corrected chi connectivity index (χ0v) is 19.8. The number of phenolic OH excluding ortho intramolecular Hbond substituents is 1. The Morgan fingerprint density at radius 3 is 2.03 bits per heavy atom. The molecular weight excluding hydrogens is 385 g/mol. The topological polar surface area (TPSA) is 32.6 Å². The van der Waals surface area contributed by atoms with E-state index in [1.54, 1.807) is 0 Å². The van der Waals surface area contributed by atoms with Crippen LogP contribution in [0, 0.1) is 0 Å². The Morgan fingerprint density at radius 2 is 1.40 bits per heavy atom. The van der Waals surface area contributed by atoms with Crippen LogP contribution in [0.5, 0.6) is 5.75 Å². The largest absolute Gasteiger partial charge is 0.507 e. The van der Waals surface area contributed by atoms with Crippen molar-refractivity contribution in [3.8, 4) is 5.75 Å². The van der Waals surface area contributed by atoms with Crippen LogP contribution in [0.25, 0.3) is 0 Å². The highest BCUT2D eigenvalue weighted by Gasteiger charge is 2.25. The first-order valence-corrected chi connectivity index (χ1v) is 11.4. The first-order valence-electron chi connectivity index (χ1n) is 10.4. The number of nitrogens with zero attached hydrogens (tertiary/aromatic N) is 1. The molecule has 0 heterocycles. The maximum Gasteiger partial charge on any atom is 0.127 e. The van der Waals surface area contributed by atoms with Gasteiger partial charge in [-0.05, 0) is 39.9 Å². The van der Waals surface area contributed by atoms with Crippen molar-refractivity contribution in [2.24, 2.45) is 4.99 Å². The van der Waals surface area contributed by atoms with E-state index < -0.39 is 0 Å². The van der Waals surface area contributed by atoms with Gasteiger partial charge in [0.1, 0.15) is 5.75 Å². The fraction of sp³-hybridized carbons (Fsp3) is 0.296. The molecule has 3 heteroatoms. The summed E-state index contributed by atoms with van der Waals surface area (Å²) in [4.78, 5) is 4.63. The van der Waals surface area contributed by atoms with Crippen LogP contribution in [0.4, 0.5) is 5.69 Å². The molecule has 0 aliphatic rings. The van der Waals surface area contributed by atoms with Crippen LogP contribution >= 0.6 is 8.58 Å². The normalized spacial score (nSPS) is 12.9. The molecule has 1 atom stereocenters. The molecule has 0 saturated heterocycles. The summed E-state index contributed by atoms with van der Waals surface area (Å²) in [6, 6.07) is 22.6. The van der Waals surface area contributed by atoms with Gasteiger partial charge in [-0.2, -0.15) is 0 Å². The molecule has 2 nitrogen and oxygen atoms in total. The van der Waals surface area contributed by atoms with Crippen LogP contribution in [-0.2, 0) is 10.8 Å². The van der Waals surface area contributed by atoms with Gasteiger partial charge in [0.05, 0.1) is 5.69 Å². The average Bonchev–Trinajstić information content (AvgIpc) is 2.68. The fourth-order valence-electron chi connectivity index (χ4n) is 3.26.